The van der Waals surface area contributed by atoms with Crippen LogP contribution in [0.5, 0.6) is 5.75 Å². The first-order valence-corrected chi connectivity index (χ1v) is 7.14. The Bertz CT molecular complexity index is 427. The zero-order valence-corrected chi connectivity index (χ0v) is 11.4. The third kappa shape index (κ3) is 2.14. The van der Waals surface area contributed by atoms with Gasteiger partial charge in [-0.2, -0.15) is 0 Å². The van der Waals surface area contributed by atoms with E-state index < -0.39 is 0 Å². The van der Waals surface area contributed by atoms with Gasteiger partial charge in [-0.15, -0.1) is 0 Å². The Balaban J connectivity index is 1.74. The molecule has 98 valence electrons. The first kappa shape index (κ1) is 12.0. The van der Waals surface area contributed by atoms with E-state index in [0.29, 0.717) is 17.5 Å². The highest BCUT2D eigenvalue weighted by Crippen LogP contribution is 2.39. The van der Waals surface area contributed by atoms with Crippen molar-refractivity contribution in [2.75, 3.05) is 6.61 Å². The van der Waals surface area contributed by atoms with E-state index >= 15 is 0 Å². The highest BCUT2D eigenvalue weighted by Gasteiger charge is 2.35. The van der Waals surface area contributed by atoms with E-state index in [1.165, 1.54) is 31.2 Å². The molecule has 0 spiro atoms. The van der Waals surface area contributed by atoms with Crippen molar-refractivity contribution in [3.63, 3.8) is 0 Å². The van der Waals surface area contributed by atoms with Gasteiger partial charge < -0.3 is 10.1 Å². The molecule has 1 aliphatic heterocycles. The smallest absolute Gasteiger partial charge is 0.124 e. The summed E-state index contributed by atoms with van der Waals surface area (Å²) in [4.78, 5) is 0. The summed E-state index contributed by atoms with van der Waals surface area (Å²) in [6.07, 6.45) is 5.37. The fourth-order valence-corrected chi connectivity index (χ4v) is 3.35. The second-order valence-electron chi connectivity index (χ2n) is 6.36. The number of ether oxygens (including phenoxy) is 1. The molecule has 0 saturated heterocycles. The molecule has 2 unspecified atom stereocenters. The molecule has 1 heterocycles. The van der Waals surface area contributed by atoms with Crippen molar-refractivity contribution >= 4 is 0 Å². The van der Waals surface area contributed by atoms with Gasteiger partial charge in [-0.3, -0.25) is 0 Å². The van der Waals surface area contributed by atoms with Crippen molar-refractivity contribution in [2.24, 2.45) is 5.41 Å². The molecule has 1 saturated carbocycles. The highest BCUT2D eigenvalue weighted by atomic mass is 16.5. The van der Waals surface area contributed by atoms with Crippen LogP contribution < -0.4 is 10.1 Å². The molecule has 2 heteroatoms. The van der Waals surface area contributed by atoms with Gasteiger partial charge in [0.1, 0.15) is 12.4 Å². The van der Waals surface area contributed by atoms with Crippen LogP contribution in [0.4, 0.5) is 0 Å². The van der Waals surface area contributed by atoms with Crippen molar-refractivity contribution in [1.82, 2.24) is 5.32 Å². The molecule has 1 aliphatic carbocycles. The first-order chi connectivity index (χ1) is 8.67. The van der Waals surface area contributed by atoms with E-state index in [-0.39, 0.29) is 0 Å². The van der Waals surface area contributed by atoms with Crippen molar-refractivity contribution in [3.05, 3.63) is 29.8 Å². The normalized spacial score (nSPS) is 29.7. The van der Waals surface area contributed by atoms with Gasteiger partial charge in [-0.25, -0.2) is 0 Å². The zero-order valence-electron chi connectivity index (χ0n) is 11.4. The monoisotopic (exact) mass is 245 g/mol. The van der Waals surface area contributed by atoms with E-state index in [1.54, 1.807) is 0 Å². The zero-order chi connectivity index (χ0) is 12.6. The molecule has 0 aromatic heterocycles. The van der Waals surface area contributed by atoms with Crippen LogP contribution in [0, 0.1) is 5.41 Å². The number of hydrogen-bond donors (Lipinski definition) is 1. The lowest BCUT2D eigenvalue weighted by molar-refractivity contribution is 0.148. The van der Waals surface area contributed by atoms with Gasteiger partial charge >= 0.3 is 0 Å². The number of nitrogens with one attached hydrogen (secondary N) is 1. The molecular weight excluding hydrogens is 222 g/mol. The Morgan fingerprint density at radius 3 is 2.89 bits per heavy atom. The molecule has 3 rings (SSSR count). The maximum Gasteiger partial charge on any atom is 0.124 e. The average Bonchev–Trinajstić information content (AvgIpc) is 2.75. The van der Waals surface area contributed by atoms with Gasteiger partial charge in [0.2, 0.25) is 0 Å². The maximum absolute atomic E-state index is 5.76. The average molecular weight is 245 g/mol. The van der Waals surface area contributed by atoms with E-state index in [2.05, 4.69) is 37.4 Å². The quantitative estimate of drug-likeness (QED) is 0.858. The highest BCUT2D eigenvalue weighted by molar-refractivity contribution is 5.39. The molecule has 0 radical (unpaired) electrons. The van der Waals surface area contributed by atoms with Crippen molar-refractivity contribution in [1.29, 1.82) is 0 Å². The first-order valence-electron chi connectivity index (χ1n) is 7.14. The molecule has 2 aliphatic rings. The summed E-state index contributed by atoms with van der Waals surface area (Å²) in [7, 11) is 0. The minimum absolute atomic E-state index is 0.378. The van der Waals surface area contributed by atoms with Gasteiger partial charge in [0.05, 0.1) is 6.04 Å². The second kappa shape index (κ2) is 4.58. The number of benzene rings is 1. The molecule has 1 aromatic rings. The van der Waals surface area contributed by atoms with Gasteiger partial charge in [0.15, 0.2) is 0 Å². The Labute approximate surface area is 110 Å². The molecule has 0 amide bonds. The van der Waals surface area contributed by atoms with Crippen LogP contribution in [-0.2, 0) is 0 Å². The number of fused-ring (bicyclic) bond motifs is 1. The summed E-state index contributed by atoms with van der Waals surface area (Å²) >= 11 is 0. The summed E-state index contributed by atoms with van der Waals surface area (Å²) in [5.41, 5.74) is 1.74. The van der Waals surface area contributed by atoms with E-state index in [0.717, 1.165) is 12.4 Å². The van der Waals surface area contributed by atoms with Crippen LogP contribution in [0.25, 0.3) is 0 Å². The van der Waals surface area contributed by atoms with E-state index in [4.69, 9.17) is 4.74 Å². The third-order valence-corrected chi connectivity index (χ3v) is 4.61. The minimum atomic E-state index is 0.378. The van der Waals surface area contributed by atoms with Gasteiger partial charge in [0.25, 0.3) is 0 Å². The van der Waals surface area contributed by atoms with Gasteiger partial charge in [0, 0.05) is 11.6 Å². The largest absolute Gasteiger partial charge is 0.491 e. The lowest BCUT2D eigenvalue weighted by atomic mass is 9.73. The molecule has 2 nitrogen and oxygen atoms in total. The van der Waals surface area contributed by atoms with E-state index in [1.807, 2.05) is 6.07 Å². The summed E-state index contributed by atoms with van der Waals surface area (Å²) in [6.45, 7) is 5.57. The van der Waals surface area contributed by atoms with Gasteiger partial charge in [-0.05, 0) is 24.3 Å². The van der Waals surface area contributed by atoms with Gasteiger partial charge in [-0.1, -0.05) is 44.9 Å². The summed E-state index contributed by atoms with van der Waals surface area (Å²) in [6, 6.07) is 9.41. The molecule has 1 N–H and O–H groups in total. The fraction of sp³-hybridized carbons (Fsp3) is 0.625. The van der Waals surface area contributed by atoms with Crippen molar-refractivity contribution in [3.8, 4) is 5.75 Å². The SMILES string of the molecule is CC1(C)CCCCC1NC1COc2ccccc21. The molecule has 1 fully saturated rings. The second-order valence-corrected chi connectivity index (χ2v) is 6.36. The molecule has 1 aromatic carbocycles. The Morgan fingerprint density at radius 2 is 2.06 bits per heavy atom. The van der Waals surface area contributed by atoms with Crippen LogP contribution in [0.3, 0.4) is 0 Å². The van der Waals surface area contributed by atoms with Crippen LogP contribution in [0.2, 0.25) is 0 Å². The van der Waals surface area contributed by atoms with E-state index in [9.17, 15) is 0 Å². The Morgan fingerprint density at radius 1 is 1.22 bits per heavy atom. The maximum atomic E-state index is 5.76. The lowest BCUT2D eigenvalue weighted by Gasteiger charge is -2.40. The number of rotatable bonds is 2. The number of hydrogen-bond acceptors (Lipinski definition) is 2. The van der Waals surface area contributed by atoms with Crippen molar-refractivity contribution < 1.29 is 4.74 Å². The third-order valence-electron chi connectivity index (χ3n) is 4.61. The van der Waals surface area contributed by atoms with Crippen LogP contribution >= 0.6 is 0 Å². The summed E-state index contributed by atoms with van der Waals surface area (Å²) in [5.74, 6) is 1.06. The van der Waals surface area contributed by atoms with Crippen LogP contribution in [-0.4, -0.2) is 12.6 Å². The predicted molar refractivity (Wildman–Crippen MR) is 73.9 cm³/mol. The minimum Gasteiger partial charge on any atom is -0.491 e. The predicted octanol–water partition coefficient (Wildman–Crippen LogP) is 3.68. The molecular formula is C16H23NO. The Kier molecular flexibility index (Phi) is 3.06. The summed E-state index contributed by atoms with van der Waals surface area (Å²) < 4.78 is 5.76. The van der Waals surface area contributed by atoms with Crippen LogP contribution in [0.15, 0.2) is 24.3 Å². The molecule has 18 heavy (non-hydrogen) atoms. The topological polar surface area (TPSA) is 21.3 Å². The number of para-hydroxylation sites is 1. The molecule has 2 atom stereocenters. The molecule has 0 bridgehead atoms. The fourth-order valence-electron chi connectivity index (χ4n) is 3.35. The standard InChI is InChI=1S/C16H23NO/c1-16(2)10-6-5-9-15(16)17-13-11-18-14-8-4-3-7-12(13)14/h3-4,7-8,13,15,17H,5-6,9-11H2,1-2H3. The van der Waals surface area contributed by atoms with Crippen molar-refractivity contribution in [2.45, 2.75) is 51.6 Å². The summed E-state index contributed by atoms with van der Waals surface area (Å²) in [5, 5.41) is 3.84. The Hall–Kier alpha value is -1.02. The van der Waals surface area contributed by atoms with Crippen LogP contribution in [0.1, 0.15) is 51.1 Å². The lowest BCUT2D eigenvalue weighted by Crippen LogP contribution is -2.46.